The topological polar surface area (TPSA) is 89.3 Å². The van der Waals surface area contributed by atoms with Crippen LogP contribution in [0.1, 0.15) is 22.2 Å². The molecule has 0 fully saturated rings. The molecule has 1 unspecified atom stereocenters. The van der Waals surface area contributed by atoms with Crippen LogP contribution in [0.5, 0.6) is 5.75 Å². The molecule has 1 aliphatic heterocycles. The van der Waals surface area contributed by atoms with Crippen molar-refractivity contribution >= 4 is 5.91 Å². The van der Waals surface area contributed by atoms with Crippen LogP contribution in [0.2, 0.25) is 0 Å². The Hall–Kier alpha value is -3.59. The van der Waals surface area contributed by atoms with Crippen LogP contribution in [0.25, 0.3) is 11.3 Å². The minimum absolute atomic E-state index is 0.135. The highest BCUT2D eigenvalue weighted by Gasteiger charge is 2.27. The summed E-state index contributed by atoms with van der Waals surface area (Å²) in [5.74, 6) is -0.330. The molecule has 160 valence electrons. The van der Waals surface area contributed by atoms with E-state index in [9.17, 15) is 14.0 Å². The molecule has 0 saturated carbocycles. The molecule has 0 spiro atoms. The van der Waals surface area contributed by atoms with Crippen LogP contribution in [0.3, 0.4) is 0 Å². The number of carbonyl (C=O) groups is 1. The third-order valence-electron chi connectivity index (χ3n) is 5.24. The molecular weight excluding hydrogens is 401 g/mol. The quantitative estimate of drug-likeness (QED) is 0.689. The van der Waals surface area contributed by atoms with Crippen molar-refractivity contribution in [2.45, 2.75) is 12.6 Å². The van der Waals surface area contributed by atoms with E-state index >= 15 is 0 Å². The number of ether oxygens (including phenoxy) is 1. The zero-order valence-corrected chi connectivity index (χ0v) is 17.2. The SMILES string of the molecule is COc1cc(F)ccc1C(=O)NC1CN(C)CCn2c1nc(-c1ccncc1)cc2=O. The molecule has 0 radical (unpaired) electrons. The summed E-state index contributed by atoms with van der Waals surface area (Å²) < 4.78 is 20.3. The van der Waals surface area contributed by atoms with Crippen LogP contribution in [0, 0.1) is 5.82 Å². The molecule has 3 aromatic rings. The number of halogens is 1. The maximum Gasteiger partial charge on any atom is 0.255 e. The second-order valence-electron chi connectivity index (χ2n) is 7.36. The number of pyridine rings is 1. The molecule has 1 aromatic carbocycles. The molecule has 3 heterocycles. The summed E-state index contributed by atoms with van der Waals surface area (Å²) in [6, 6.07) is 8.23. The predicted molar refractivity (Wildman–Crippen MR) is 112 cm³/mol. The summed E-state index contributed by atoms with van der Waals surface area (Å²) in [6.45, 7) is 1.55. The molecular formula is C22H22FN5O3. The number of benzene rings is 1. The Morgan fingerprint density at radius 2 is 1.97 bits per heavy atom. The van der Waals surface area contributed by atoms with Gasteiger partial charge in [-0.3, -0.25) is 19.1 Å². The lowest BCUT2D eigenvalue weighted by atomic mass is 10.1. The van der Waals surface area contributed by atoms with Gasteiger partial charge in [0.1, 0.15) is 23.4 Å². The van der Waals surface area contributed by atoms with Crippen molar-refractivity contribution in [1.82, 2.24) is 24.8 Å². The maximum absolute atomic E-state index is 13.5. The average Bonchev–Trinajstić information content (AvgIpc) is 2.93. The van der Waals surface area contributed by atoms with Crippen LogP contribution >= 0.6 is 0 Å². The van der Waals surface area contributed by atoms with E-state index in [1.165, 1.54) is 25.3 Å². The van der Waals surface area contributed by atoms with Crippen molar-refractivity contribution in [2.24, 2.45) is 0 Å². The van der Waals surface area contributed by atoms with Gasteiger partial charge >= 0.3 is 0 Å². The van der Waals surface area contributed by atoms with Crippen molar-refractivity contribution in [3.63, 3.8) is 0 Å². The number of aromatic nitrogens is 3. The fourth-order valence-corrected chi connectivity index (χ4v) is 3.64. The number of nitrogens with zero attached hydrogens (tertiary/aromatic N) is 4. The van der Waals surface area contributed by atoms with E-state index in [4.69, 9.17) is 9.72 Å². The van der Waals surface area contributed by atoms with Crippen LogP contribution in [-0.4, -0.2) is 52.6 Å². The Morgan fingerprint density at radius 3 is 2.71 bits per heavy atom. The molecule has 8 nitrogen and oxygen atoms in total. The lowest BCUT2D eigenvalue weighted by molar-refractivity contribution is 0.0924. The van der Waals surface area contributed by atoms with Gasteiger partial charge in [0.25, 0.3) is 11.5 Å². The normalized spacial score (nSPS) is 16.3. The fourth-order valence-electron chi connectivity index (χ4n) is 3.64. The number of rotatable bonds is 4. The first-order valence-corrected chi connectivity index (χ1v) is 9.81. The minimum atomic E-state index is -0.552. The summed E-state index contributed by atoms with van der Waals surface area (Å²) in [4.78, 5) is 36.6. The number of carbonyl (C=O) groups excluding carboxylic acids is 1. The van der Waals surface area contributed by atoms with Crippen molar-refractivity contribution in [3.8, 4) is 17.0 Å². The van der Waals surface area contributed by atoms with Crippen LogP contribution in [0.4, 0.5) is 4.39 Å². The van der Waals surface area contributed by atoms with Crippen LogP contribution in [0.15, 0.2) is 53.6 Å². The Labute approximate surface area is 178 Å². The number of fused-ring (bicyclic) bond motifs is 1. The van der Waals surface area contributed by atoms with Gasteiger partial charge in [-0.1, -0.05) is 0 Å². The van der Waals surface area contributed by atoms with E-state index in [1.54, 1.807) is 29.1 Å². The summed E-state index contributed by atoms with van der Waals surface area (Å²) in [5.41, 5.74) is 1.29. The van der Waals surface area contributed by atoms with Crippen molar-refractivity contribution in [1.29, 1.82) is 0 Å². The van der Waals surface area contributed by atoms with Crippen LogP contribution < -0.4 is 15.6 Å². The van der Waals surface area contributed by atoms with E-state index in [1.807, 2.05) is 11.9 Å². The lowest BCUT2D eigenvalue weighted by Gasteiger charge is -2.22. The number of likely N-dealkylation sites (N-methyl/N-ethyl adjacent to an activating group) is 1. The Kier molecular flexibility index (Phi) is 5.77. The second-order valence-corrected chi connectivity index (χ2v) is 7.36. The first-order chi connectivity index (χ1) is 15.0. The Bertz CT molecular complexity index is 1170. The van der Waals surface area contributed by atoms with Gasteiger partial charge in [0.15, 0.2) is 0 Å². The van der Waals surface area contributed by atoms with E-state index in [0.29, 0.717) is 31.2 Å². The van der Waals surface area contributed by atoms with Gasteiger partial charge in [-0.25, -0.2) is 9.37 Å². The van der Waals surface area contributed by atoms with Gasteiger partial charge < -0.3 is 15.0 Å². The molecule has 0 bridgehead atoms. The van der Waals surface area contributed by atoms with E-state index < -0.39 is 17.8 Å². The fraction of sp³-hybridized carbons (Fsp3) is 0.273. The zero-order chi connectivity index (χ0) is 22.0. The standard InChI is InChI=1S/C22H22FN5O3/c1-27-9-10-28-20(29)12-17(14-5-7-24-8-6-14)25-21(28)18(13-27)26-22(30)16-4-3-15(23)11-19(16)31-2/h3-8,11-12,18H,9-10,13H2,1-2H3,(H,26,30). The van der Waals surface area contributed by atoms with Crippen molar-refractivity contribution in [3.05, 3.63) is 76.4 Å². The van der Waals surface area contributed by atoms with E-state index in [0.717, 1.165) is 11.6 Å². The zero-order valence-electron chi connectivity index (χ0n) is 17.2. The molecule has 2 aromatic heterocycles. The molecule has 0 saturated heterocycles. The third kappa shape index (κ3) is 4.31. The van der Waals surface area contributed by atoms with E-state index in [-0.39, 0.29) is 16.9 Å². The molecule has 1 atom stereocenters. The van der Waals surface area contributed by atoms with E-state index in [2.05, 4.69) is 10.3 Å². The summed E-state index contributed by atoms with van der Waals surface area (Å²) in [5, 5.41) is 2.94. The first-order valence-electron chi connectivity index (χ1n) is 9.81. The molecule has 31 heavy (non-hydrogen) atoms. The predicted octanol–water partition coefficient (Wildman–Crippen LogP) is 1.87. The minimum Gasteiger partial charge on any atom is -0.496 e. The molecule has 0 aliphatic carbocycles. The molecule has 4 rings (SSSR count). The van der Waals surface area contributed by atoms with Gasteiger partial charge in [-0.05, 0) is 31.3 Å². The van der Waals surface area contributed by atoms with Crippen molar-refractivity contribution in [2.75, 3.05) is 27.2 Å². The van der Waals surface area contributed by atoms with Gasteiger partial charge in [0.2, 0.25) is 0 Å². The number of hydrogen-bond donors (Lipinski definition) is 1. The molecule has 9 heteroatoms. The Balaban J connectivity index is 1.74. The molecule has 1 amide bonds. The van der Waals surface area contributed by atoms with Gasteiger partial charge in [-0.15, -0.1) is 0 Å². The largest absolute Gasteiger partial charge is 0.496 e. The van der Waals surface area contributed by atoms with Gasteiger partial charge in [-0.2, -0.15) is 0 Å². The highest BCUT2D eigenvalue weighted by atomic mass is 19.1. The van der Waals surface area contributed by atoms with Crippen molar-refractivity contribution < 1.29 is 13.9 Å². The van der Waals surface area contributed by atoms with Crippen LogP contribution in [-0.2, 0) is 6.54 Å². The summed E-state index contributed by atoms with van der Waals surface area (Å²) >= 11 is 0. The second kappa shape index (κ2) is 8.65. The maximum atomic E-state index is 13.5. The smallest absolute Gasteiger partial charge is 0.255 e. The highest BCUT2D eigenvalue weighted by Crippen LogP contribution is 2.23. The summed E-state index contributed by atoms with van der Waals surface area (Å²) in [7, 11) is 3.29. The monoisotopic (exact) mass is 423 g/mol. The number of amides is 1. The Morgan fingerprint density at radius 1 is 1.19 bits per heavy atom. The van der Waals surface area contributed by atoms with Gasteiger partial charge in [0, 0.05) is 49.7 Å². The molecule has 1 aliphatic rings. The lowest BCUT2D eigenvalue weighted by Crippen LogP contribution is -2.37. The molecule has 1 N–H and O–H groups in total. The summed E-state index contributed by atoms with van der Waals surface area (Å²) in [6.07, 6.45) is 3.27. The number of hydrogen-bond acceptors (Lipinski definition) is 6. The first kappa shape index (κ1) is 20.7. The average molecular weight is 423 g/mol. The van der Waals surface area contributed by atoms with Gasteiger partial charge in [0.05, 0.1) is 18.4 Å². The number of nitrogens with one attached hydrogen (secondary N) is 1. The highest BCUT2D eigenvalue weighted by molar-refractivity contribution is 5.97. The number of methoxy groups -OCH3 is 1. The third-order valence-corrected chi connectivity index (χ3v) is 5.24.